The third-order valence-electron chi connectivity index (χ3n) is 2.91. The molecule has 1 aliphatic heterocycles. The van der Waals surface area contributed by atoms with Gasteiger partial charge in [-0.2, -0.15) is 0 Å². The Morgan fingerprint density at radius 3 is 2.87 bits per heavy atom. The molecule has 1 aromatic carbocycles. The Morgan fingerprint density at radius 2 is 2.20 bits per heavy atom. The molecular formula is C12H16FNO. The standard InChI is InChI=1S/C12H16FNO/c1-8-6-9(12(13)11(15)7-8)10-4-2-3-5-14-10/h6-7,10,14-15H,2-5H2,1H3. The number of rotatable bonds is 1. The molecule has 1 aliphatic rings. The fraction of sp³-hybridized carbons (Fsp3) is 0.500. The van der Waals surface area contributed by atoms with Gasteiger partial charge in [0.2, 0.25) is 0 Å². The van der Waals surface area contributed by atoms with Crippen molar-refractivity contribution in [1.82, 2.24) is 5.32 Å². The largest absolute Gasteiger partial charge is 0.505 e. The third kappa shape index (κ3) is 2.12. The van der Waals surface area contributed by atoms with Crippen LogP contribution in [0.3, 0.4) is 0 Å². The lowest BCUT2D eigenvalue weighted by Gasteiger charge is -2.24. The molecule has 2 N–H and O–H groups in total. The van der Waals surface area contributed by atoms with Crippen molar-refractivity contribution in [2.45, 2.75) is 32.2 Å². The first-order chi connectivity index (χ1) is 7.18. The van der Waals surface area contributed by atoms with E-state index in [0.29, 0.717) is 5.56 Å². The van der Waals surface area contributed by atoms with Crippen LogP contribution in [0.2, 0.25) is 0 Å². The minimum Gasteiger partial charge on any atom is -0.505 e. The Bertz CT molecular complexity index is 359. The zero-order valence-corrected chi connectivity index (χ0v) is 8.89. The van der Waals surface area contributed by atoms with Gasteiger partial charge in [0, 0.05) is 11.6 Å². The molecule has 0 aliphatic carbocycles. The Morgan fingerprint density at radius 1 is 1.40 bits per heavy atom. The van der Waals surface area contributed by atoms with Crippen molar-refractivity contribution in [3.63, 3.8) is 0 Å². The van der Waals surface area contributed by atoms with Crippen molar-refractivity contribution in [2.75, 3.05) is 6.54 Å². The first-order valence-electron chi connectivity index (χ1n) is 5.41. The minimum absolute atomic E-state index is 0.0598. The predicted octanol–water partition coefficient (Wildman–Crippen LogP) is 2.65. The quantitative estimate of drug-likeness (QED) is 0.745. The van der Waals surface area contributed by atoms with E-state index in [1.807, 2.05) is 13.0 Å². The van der Waals surface area contributed by atoms with E-state index in [1.54, 1.807) is 0 Å². The zero-order chi connectivity index (χ0) is 10.8. The molecule has 0 bridgehead atoms. The van der Waals surface area contributed by atoms with Crippen LogP contribution in [0, 0.1) is 12.7 Å². The average Bonchev–Trinajstić information content (AvgIpc) is 2.24. The lowest BCUT2D eigenvalue weighted by molar-refractivity contribution is 0.383. The smallest absolute Gasteiger partial charge is 0.169 e. The molecule has 1 fully saturated rings. The Kier molecular flexibility index (Phi) is 2.91. The summed E-state index contributed by atoms with van der Waals surface area (Å²) in [5, 5.41) is 12.7. The normalized spacial score (nSPS) is 21.6. The molecule has 0 amide bonds. The number of phenols is 1. The lowest BCUT2D eigenvalue weighted by atomic mass is 9.95. The Labute approximate surface area is 89.1 Å². The highest BCUT2D eigenvalue weighted by Gasteiger charge is 2.20. The molecule has 1 aromatic rings. The summed E-state index contributed by atoms with van der Waals surface area (Å²) in [6.45, 7) is 2.80. The number of piperidine rings is 1. The van der Waals surface area contributed by atoms with Crippen LogP contribution < -0.4 is 5.32 Å². The van der Waals surface area contributed by atoms with Gasteiger partial charge in [0.1, 0.15) is 0 Å². The number of hydrogen-bond donors (Lipinski definition) is 2. The van der Waals surface area contributed by atoms with Gasteiger partial charge < -0.3 is 10.4 Å². The number of halogens is 1. The summed E-state index contributed by atoms with van der Waals surface area (Å²) in [7, 11) is 0. The van der Waals surface area contributed by atoms with Gasteiger partial charge in [0.15, 0.2) is 11.6 Å². The summed E-state index contributed by atoms with van der Waals surface area (Å²) in [4.78, 5) is 0. The molecule has 1 unspecified atom stereocenters. The van der Waals surface area contributed by atoms with E-state index in [4.69, 9.17) is 0 Å². The molecule has 3 heteroatoms. The summed E-state index contributed by atoms with van der Waals surface area (Å²) < 4.78 is 13.7. The number of phenolic OH excluding ortho intramolecular Hbond substituents is 1. The van der Waals surface area contributed by atoms with Gasteiger partial charge in [-0.1, -0.05) is 12.5 Å². The van der Waals surface area contributed by atoms with Crippen LogP contribution in [0.1, 0.15) is 36.4 Å². The van der Waals surface area contributed by atoms with Crippen LogP contribution in [0.15, 0.2) is 12.1 Å². The maximum Gasteiger partial charge on any atom is 0.169 e. The van der Waals surface area contributed by atoms with E-state index in [9.17, 15) is 9.50 Å². The van der Waals surface area contributed by atoms with Crippen molar-refractivity contribution in [2.24, 2.45) is 0 Å². The van der Waals surface area contributed by atoms with Gasteiger partial charge in [-0.15, -0.1) is 0 Å². The van der Waals surface area contributed by atoms with Gasteiger partial charge in [0.25, 0.3) is 0 Å². The average molecular weight is 209 g/mol. The number of hydrogen-bond acceptors (Lipinski definition) is 2. The molecule has 2 nitrogen and oxygen atoms in total. The Hall–Kier alpha value is -1.09. The van der Waals surface area contributed by atoms with Crippen LogP contribution in [0.25, 0.3) is 0 Å². The predicted molar refractivity (Wildman–Crippen MR) is 57.4 cm³/mol. The second-order valence-electron chi connectivity index (χ2n) is 4.19. The Balaban J connectivity index is 2.33. The summed E-state index contributed by atoms with van der Waals surface area (Å²) in [6, 6.07) is 3.34. The SMILES string of the molecule is Cc1cc(O)c(F)c(C2CCCCN2)c1. The van der Waals surface area contributed by atoms with E-state index in [-0.39, 0.29) is 11.8 Å². The molecule has 1 heterocycles. The van der Waals surface area contributed by atoms with Crippen LogP contribution >= 0.6 is 0 Å². The second kappa shape index (κ2) is 4.19. The first-order valence-corrected chi connectivity index (χ1v) is 5.41. The molecule has 0 aromatic heterocycles. The summed E-state index contributed by atoms with van der Waals surface area (Å²) in [6.07, 6.45) is 3.21. The minimum atomic E-state index is -0.472. The number of aromatic hydroxyl groups is 1. The van der Waals surface area contributed by atoms with Gasteiger partial charge >= 0.3 is 0 Å². The van der Waals surface area contributed by atoms with Gasteiger partial charge in [-0.3, -0.25) is 0 Å². The maximum atomic E-state index is 13.7. The molecule has 15 heavy (non-hydrogen) atoms. The molecule has 1 atom stereocenters. The highest BCUT2D eigenvalue weighted by atomic mass is 19.1. The molecular weight excluding hydrogens is 193 g/mol. The van der Waals surface area contributed by atoms with E-state index in [0.717, 1.165) is 31.4 Å². The summed E-state index contributed by atoms with van der Waals surface area (Å²) in [5.74, 6) is -0.711. The zero-order valence-electron chi connectivity index (χ0n) is 8.89. The van der Waals surface area contributed by atoms with E-state index >= 15 is 0 Å². The second-order valence-corrected chi connectivity index (χ2v) is 4.19. The van der Waals surface area contributed by atoms with Crippen molar-refractivity contribution in [1.29, 1.82) is 0 Å². The van der Waals surface area contributed by atoms with E-state index in [2.05, 4.69) is 5.32 Å². The topological polar surface area (TPSA) is 32.3 Å². The number of nitrogens with one attached hydrogen (secondary N) is 1. The van der Waals surface area contributed by atoms with Crippen molar-refractivity contribution >= 4 is 0 Å². The molecule has 0 spiro atoms. The van der Waals surface area contributed by atoms with Gasteiger partial charge in [-0.05, 0) is 37.9 Å². The lowest BCUT2D eigenvalue weighted by Crippen LogP contribution is -2.27. The summed E-state index contributed by atoms with van der Waals surface area (Å²) >= 11 is 0. The van der Waals surface area contributed by atoms with Gasteiger partial charge in [-0.25, -0.2) is 4.39 Å². The van der Waals surface area contributed by atoms with Crippen LogP contribution in [-0.2, 0) is 0 Å². The van der Waals surface area contributed by atoms with Gasteiger partial charge in [0.05, 0.1) is 0 Å². The van der Waals surface area contributed by atoms with Crippen molar-refractivity contribution < 1.29 is 9.50 Å². The number of aryl methyl sites for hydroxylation is 1. The van der Waals surface area contributed by atoms with Crippen LogP contribution in [-0.4, -0.2) is 11.7 Å². The monoisotopic (exact) mass is 209 g/mol. The fourth-order valence-corrected chi connectivity index (χ4v) is 2.15. The molecule has 0 saturated carbocycles. The van der Waals surface area contributed by atoms with Crippen molar-refractivity contribution in [3.05, 3.63) is 29.1 Å². The van der Waals surface area contributed by atoms with E-state index in [1.165, 1.54) is 6.07 Å². The number of benzene rings is 1. The molecule has 82 valence electrons. The third-order valence-corrected chi connectivity index (χ3v) is 2.91. The summed E-state index contributed by atoms with van der Waals surface area (Å²) in [5.41, 5.74) is 1.50. The fourth-order valence-electron chi connectivity index (χ4n) is 2.15. The van der Waals surface area contributed by atoms with Crippen LogP contribution in [0.5, 0.6) is 5.75 Å². The maximum absolute atomic E-state index is 13.7. The van der Waals surface area contributed by atoms with Crippen molar-refractivity contribution in [3.8, 4) is 5.75 Å². The van der Waals surface area contributed by atoms with E-state index < -0.39 is 5.82 Å². The first kappa shape index (κ1) is 10.4. The van der Waals surface area contributed by atoms with Crippen LogP contribution in [0.4, 0.5) is 4.39 Å². The highest BCUT2D eigenvalue weighted by Crippen LogP contribution is 2.30. The molecule has 2 rings (SSSR count). The molecule has 1 saturated heterocycles. The highest BCUT2D eigenvalue weighted by molar-refractivity contribution is 5.36. The molecule has 0 radical (unpaired) electrons.